The highest BCUT2D eigenvalue weighted by atomic mass is 16.5. The van der Waals surface area contributed by atoms with Crippen LogP contribution in [0.15, 0.2) is 30.3 Å². The second-order valence-electron chi connectivity index (χ2n) is 5.76. The molecule has 0 bridgehead atoms. The summed E-state index contributed by atoms with van der Waals surface area (Å²) in [6.07, 6.45) is 4.91. The van der Waals surface area contributed by atoms with E-state index in [1.165, 1.54) is 7.11 Å². The summed E-state index contributed by atoms with van der Waals surface area (Å²) in [4.78, 5) is 25.7. The summed E-state index contributed by atoms with van der Waals surface area (Å²) in [6, 6.07) is 9.72. The zero-order valence-electron chi connectivity index (χ0n) is 13.7. The van der Waals surface area contributed by atoms with Crippen LogP contribution >= 0.6 is 0 Å². The second kappa shape index (κ2) is 9.18. The van der Waals surface area contributed by atoms with Crippen molar-refractivity contribution in [3.05, 3.63) is 30.3 Å². The van der Waals surface area contributed by atoms with Gasteiger partial charge in [0, 0.05) is 12.6 Å². The summed E-state index contributed by atoms with van der Waals surface area (Å²) in [5, 5.41) is 0. The number of methoxy groups -OCH3 is 1. The molecule has 1 aliphatic carbocycles. The molecule has 1 aromatic carbocycles. The quantitative estimate of drug-likeness (QED) is 0.691. The van der Waals surface area contributed by atoms with Crippen LogP contribution in [0.3, 0.4) is 0 Å². The molecule has 5 heteroatoms. The van der Waals surface area contributed by atoms with Gasteiger partial charge in [0.25, 0.3) is 0 Å². The van der Waals surface area contributed by atoms with Crippen LogP contribution in [0, 0.1) is 0 Å². The van der Waals surface area contributed by atoms with Crippen LogP contribution in [-0.4, -0.2) is 43.1 Å². The van der Waals surface area contributed by atoms with E-state index in [4.69, 9.17) is 4.74 Å². The number of amides is 1. The van der Waals surface area contributed by atoms with E-state index in [0.29, 0.717) is 19.6 Å². The maximum absolute atomic E-state index is 12.5. The highest BCUT2D eigenvalue weighted by Crippen LogP contribution is 2.24. The first kappa shape index (κ1) is 17.3. The van der Waals surface area contributed by atoms with Crippen molar-refractivity contribution in [2.24, 2.45) is 0 Å². The monoisotopic (exact) mass is 319 g/mol. The van der Waals surface area contributed by atoms with Crippen LogP contribution in [-0.2, 0) is 14.3 Å². The molecule has 0 radical (unpaired) electrons. The van der Waals surface area contributed by atoms with E-state index in [-0.39, 0.29) is 24.3 Å². The third kappa shape index (κ3) is 5.58. The zero-order valence-corrected chi connectivity index (χ0v) is 13.7. The molecule has 23 heavy (non-hydrogen) atoms. The van der Waals surface area contributed by atoms with Crippen LogP contribution in [0.1, 0.15) is 38.5 Å². The Balaban J connectivity index is 1.83. The van der Waals surface area contributed by atoms with E-state index < -0.39 is 0 Å². The summed E-state index contributed by atoms with van der Waals surface area (Å²) in [6.45, 7) is 0.784. The Morgan fingerprint density at radius 2 is 1.83 bits per heavy atom. The van der Waals surface area contributed by atoms with Gasteiger partial charge in [-0.15, -0.1) is 0 Å². The van der Waals surface area contributed by atoms with E-state index in [2.05, 4.69) is 4.74 Å². The second-order valence-corrected chi connectivity index (χ2v) is 5.76. The Bertz CT molecular complexity index is 497. The fourth-order valence-electron chi connectivity index (χ4n) is 2.96. The molecule has 0 aromatic heterocycles. The lowest BCUT2D eigenvalue weighted by Crippen LogP contribution is -2.40. The van der Waals surface area contributed by atoms with Gasteiger partial charge in [-0.25, -0.2) is 0 Å². The number of carbonyl (C=O) groups excluding carboxylic acids is 2. The maximum Gasteiger partial charge on any atom is 0.307 e. The minimum Gasteiger partial charge on any atom is -0.493 e. The van der Waals surface area contributed by atoms with E-state index in [9.17, 15) is 9.59 Å². The Hall–Kier alpha value is -2.04. The number of carbonyl (C=O) groups is 2. The van der Waals surface area contributed by atoms with Crippen LogP contribution in [0.4, 0.5) is 0 Å². The Morgan fingerprint density at radius 3 is 2.48 bits per heavy atom. The summed E-state index contributed by atoms with van der Waals surface area (Å²) in [7, 11) is 1.37. The van der Waals surface area contributed by atoms with Gasteiger partial charge in [0.15, 0.2) is 0 Å². The lowest BCUT2D eigenvalue weighted by molar-refractivity contribution is -0.142. The molecular formula is C18H25NO4. The van der Waals surface area contributed by atoms with E-state index >= 15 is 0 Å². The van der Waals surface area contributed by atoms with Crippen molar-refractivity contribution >= 4 is 11.9 Å². The lowest BCUT2D eigenvalue weighted by Gasteiger charge is -2.28. The number of ether oxygens (including phenoxy) is 2. The molecule has 1 saturated carbocycles. The van der Waals surface area contributed by atoms with Crippen LogP contribution < -0.4 is 4.74 Å². The molecule has 0 atom stereocenters. The van der Waals surface area contributed by atoms with Crippen LogP contribution in [0.25, 0.3) is 0 Å². The largest absolute Gasteiger partial charge is 0.493 e. The Labute approximate surface area is 137 Å². The molecule has 0 spiro atoms. The molecule has 1 aliphatic rings. The molecule has 0 N–H and O–H groups in total. The number of para-hydroxylation sites is 1. The molecule has 0 aliphatic heterocycles. The normalized spacial score (nSPS) is 14.5. The molecule has 1 fully saturated rings. The van der Waals surface area contributed by atoms with Crippen LogP contribution in [0.5, 0.6) is 5.75 Å². The third-order valence-electron chi connectivity index (χ3n) is 4.20. The minimum absolute atomic E-state index is 0.0525. The Kier molecular flexibility index (Phi) is 6.91. The standard InChI is InChI=1S/C18H25NO4/c1-22-18(21)11-13-19(15-7-5-6-8-15)17(20)12-14-23-16-9-3-2-4-10-16/h2-4,9-10,15H,5-8,11-14H2,1H3. The van der Waals surface area contributed by atoms with Gasteiger partial charge in [0.05, 0.1) is 26.6 Å². The first-order chi connectivity index (χ1) is 11.2. The van der Waals surface area contributed by atoms with Crippen molar-refractivity contribution in [3.63, 3.8) is 0 Å². The molecule has 0 saturated heterocycles. The minimum atomic E-state index is -0.277. The number of esters is 1. The van der Waals surface area contributed by atoms with Gasteiger partial charge >= 0.3 is 5.97 Å². The van der Waals surface area contributed by atoms with Crippen molar-refractivity contribution in [2.45, 2.75) is 44.6 Å². The summed E-state index contributed by atoms with van der Waals surface area (Å²) >= 11 is 0. The van der Waals surface area contributed by atoms with Gasteiger partial charge in [0.2, 0.25) is 5.91 Å². The van der Waals surface area contributed by atoms with E-state index in [0.717, 1.165) is 31.4 Å². The van der Waals surface area contributed by atoms with E-state index in [1.54, 1.807) is 0 Å². The van der Waals surface area contributed by atoms with Gasteiger partial charge in [-0.1, -0.05) is 31.0 Å². The van der Waals surface area contributed by atoms with Crippen molar-refractivity contribution in [1.82, 2.24) is 4.90 Å². The van der Waals surface area contributed by atoms with E-state index in [1.807, 2.05) is 35.2 Å². The highest BCUT2D eigenvalue weighted by molar-refractivity contribution is 5.77. The number of hydrogen-bond acceptors (Lipinski definition) is 4. The van der Waals surface area contributed by atoms with Gasteiger partial charge in [-0.2, -0.15) is 0 Å². The van der Waals surface area contributed by atoms with Crippen molar-refractivity contribution in [2.75, 3.05) is 20.3 Å². The lowest BCUT2D eigenvalue weighted by atomic mass is 10.2. The van der Waals surface area contributed by atoms with Crippen molar-refractivity contribution in [1.29, 1.82) is 0 Å². The summed E-state index contributed by atoms with van der Waals surface area (Å²) < 4.78 is 10.3. The van der Waals surface area contributed by atoms with Crippen LogP contribution in [0.2, 0.25) is 0 Å². The highest BCUT2D eigenvalue weighted by Gasteiger charge is 2.26. The predicted octanol–water partition coefficient (Wildman–Crippen LogP) is 2.79. The zero-order chi connectivity index (χ0) is 16.5. The third-order valence-corrected chi connectivity index (χ3v) is 4.20. The number of rotatable bonds is 8. The maximum atomic E-state index is 12.5. The van der Waals surface area contributed by atoms with Crippen molar-refractivity contribution in [3.8, 4) is 5.75 Å². The molecule has 2 rings (SSSR count). The van der Waals surface area contributed by atoms with Gasteiger partial charge < -0.3 is 14.4 Å². The number of nitrogens with zero attached hydrogens (tertiary/aromatic N) is 1. The van der Waals surface area contributed by atoms with Gasteiger partial charge in [-0.3, -0.25) is 9.59 Å². The molecule has 5 nitrogen and oxygen atoms in total. The molecular weight excluding hydrogens is 294 g/mol. The van der Waals surface area contributed by atoms with Crippen molar-refractivity contribution < 1.29 is 19.1 Å². The fourth-order valence-corrected chi connectivity index (χ4v) is 2.96. The number of hydrogen-bond donors (Lipinski definition) is 0. The first-order valence-electron chi connectivity index (χ1n) is 8.25. The molecule has 0 unspecified atom stereocenters. The smallest absolute Gasteiger partial charge is 0.307 e. The molecule has 126 valence electrons. The van der Waals surface area contributed by atoms with Gasteiger partial charge in [0.1, 0.15) is 5.75 Å². The Morgan fingerprint density at radius 1 is 1.13 bits per heavy atom. The summed E-state index contributed by atoms with van der Waals surface area (Å²) in [5.41, 5.74) is 0. The topological polar surface area (TPSA) is 55.8 Å². The first-order valence-corrected chi connectivity index (χ1v) is 8.25. The van der Waals surface area contributed by atoms with Gasteiger partial charge in [-0.05, 0) is 25.0 Å². The fraction of sp³-hybridized carbons (Fsp3) is 0.556. The molecule has 0 heterocycles. The molecule has 1 aromatic rings. The molecule has 1 amide bonds. The predicted molar refractivity (Wildman–Crippen MR) is 87.2 cm³/mol. The average molecular weight is 319 g/mol. The number of benzene rings is 1. The summed E-state index contributed by atoms with van der Waals surface area (Å²) in [5.74, 6) is 0.542. The SMILES string of the molecule is COC(=O)CCN(C(=O)CCOc1ccccc1)C1CCCC1. The average Bonchev–Trinajstić information content (AvgIpc) is 3.10.